The average molecular weight is 382 g/mol. The molecule has 0 saturated heterocycles. The Morgan fingerprint density at radius 3 is 2.76 bits per heavy atom. The second-order valence-electron chi connectivity index (χ2n) is 7.38. The van der Waals surface area contributed by atoms with Gasteiger partial charge in [0.1, 0.15) is 0 Å². The summed E-state index contributed by atoms with van der Waals surface area (Å²) in [4.78, 5) is 18.2. The van der Waals surface area contributed by atoms with Crippen LogP contribution in [0.1, 0.15) is 24.6 Å². The van der Waals surface area contributed by atoms with Gasteiger partial charge in [0.05, 0.1) is 12.0 Å². The van der Waals surface area contributed by atoms with Crippen LogP contribution in [0.3, 0.4) is 0 Å². The van der Waals surface area contributed by atoms with Gasteiger partial charge in [-0.1, -0.05) is 43.3 Å². The fourth-order valence-electron chi connectivity index (χ4n) is 4.16. The lowest BCUT2D eigenvalue weighted by Gasteiger charge is -2.18. The van der Waals surface area contributed by atoms with Crippen LogP contribution < -0.4 is 10.3 Å². The van der Waals surface area contributed by atoms with Gasteiger partial charge >= 0.3 is 0 Å². The molecule has 29 heavy (non-hydrogen) atoms. The molecule has 0 radical (unpaired) electrons. The lowest BCUT2D eigenvalue weighted by molar-refractivity contribution is 0.276. The van der Waals surface area contributed by atoms with Crippen LogP contribution in [0.15, 0.2) is 71.7 Å². The van der Waals surface area contributed by atoms with Gasteiger partial charge in [-0.15, -0.1) is 0 Å². The van der Waals surface area contributed by atoms with Crippen molar-refractivity contribution in [2.24, 2.45) is 0 Å². The number of nitrogens with zero attached hydrogens (tertiary/aromatic N) is 2. The molecule has 1 aliphatic heterocycles. The summed E-state index contributed by atoms with van der Waals surface area (Å²) in [5.41, 5.74) is 4.89. The predicted molar refractivity (Wildman–Crippen MR) is 116 cm³/mol. The third-order valence-electron chi connectivity index (χ3n) is 5.57. The van der Waals surface area contributed by atoms with Gasteiger partial charge in [-0.2, -0.15) is 0 Å². The van der Waals surface area contributed by atoms with Gasteiger partial charge in [0.2, 0.25) is 5.88 Å². The summed E-state index contributed by atoms with van der Waals surface area (Å²) in [6.07, 6.45) is 4.55. The minimum absolute atomic E-state index is 0.00937. The Bertz CT molecular complexity index is 1260. The average Bonchev–Trinajstić information content (AvgIpc) is 2.78. The van der Waals surface area contributed by atoms with Crippen LogP contribution in [-0.4, -0.2) is 16.2 Å². The van der Waals surface area contributed by atoms with Crippen LogP contribution in [0.2, 0.25) is 0 Å². The molecule has 2 aromatic heterocycles. The molecule has 0 bridgehead atoms. The molecule has 4 nitrogen and oxygen atoms in total. The first-order valence-corrected chi connectivity index (χ1v) is 10.1. The largest absolute Gasteiger partial charge is 0.477 e. The van der Waals surface area contributed by atoms with Crippen molar-refractivity contribution in [1.82, 2.24) is 9.55 Å². The Kier molecular flexibility index (Phi) is 4.39. The molecule has 0 saturated carbocycles. The third-order valence-corrected chi connectivity index (χ3v) is 5.57. The van der Waals surface area contributed by atoms with E-state index >= 15 is 0 Å². The van der Waals surface area contributed by atoms with Crippen molar-refractivity contribution in [2.75, 3.05) is 6.61 Å². The Labute approximate surface area is 169 Å². The summed E-state index contributed by atoms with van der Waals surface area (Å²) in [5.74, 6) is 0.718. The minimum Gasteiger partial charge on any atom is -0.477 e. The second-order valence-corrected chi connectivity index (χ2v) is 7.38. The van der Waals surface area contributed by atoms with E-state index in [9.17, 15) is 4.79 Å². The standard InChI is InChI=1S/C25H22N2O2/c1-2-20-15-17-8-6-12-22(19-14-18-9-7-13-29-24(18)26-16-19)23(17)25(28)27(20)21-10-4-3-5-11-21/h3-6,8,10-12,14-16H,2,7,9,13H2,1H3. The molecule has 0 aliphatic carbocycles. The molecule has 1 aliphatic rings. The maximum Gasteiger partial charge on any atom is 0.263 e. The van der Waals surface area contributed by atoms with Crippen LogP contribution >= 0.6 is 0 Å². The first-order valence-electron chi connectivity index (χ1n) is 10.1. The second kappa shape index (κ2) is 7.21. The molecule has 0 amide bonds. The van der Waals surface area contributed by atoms with E-state index in [0.717, 1.165) is 70.6 Å². The maximum atomic E-state index is 13.7. The van der Waals surface area contributed by atoms with Crippen LogP contribution in [0.5, 0.6) is 5.88 Å². The first kappa shape index (κ1) is 17.7. The Morgan fingerprint density at radius 1 is 1.07 bits per heavy atom. The molecule has 0 fully saturated rings. The van der Waals surface area contributed by atoms with Gasteiger partial charge in [-0.05, 0) is 54.5 Å². The highest BCUT2D eigenvalue weighted by Gasteiger charge is 2.17. The number of ether oxygens (including phenoxy) is 1. The molecular weight excluding hydrogens is 360 g/mol. The SMILES string of the molecule is CCc1cc2cccc(-c3cnc4c(c3)CCCO4)c2c(=O)n1-c1ccccc1. The van der Waals surface area contributed by atoms with Gasteiger partial charge in [0, 0.05) is 28.7 Å². The highest BCUT2D eigenvalue weighted by molar-refractivity contribution is 5.96. The minimum atomic E-state index is 0.00937. The van der Waals surface area contributed by atoms with Crippen LogP contribution in [0.4, 0.5) is 0 Å². The predicted octanol–water partition coefficient (Wildman–Crippen LogP) is 4.94. The van der Waals surface area contributed by atoms with E-state index in [4.69, 9.17) is 4.74 Å². The molecule has 3 heterocycles. The quantitative estimate of drug-likeness (QED) is 0.504. The molecule has 4 aromatic rings. The number of hydrogen-bond acceptors (Lipinski definition) is 3. The summed E-state index contributed by atoms with van der Waals surface area (Å²) in [5, 5.41) is 1.69. The highest BCUT2D eigenvalue weighted by atomic mass is 16.5. The van der Waals surface area contributed by atoms with Gasteiger partial charge in [0.15, 0.2) is 0 Å². The fraction of sp³-hybridized carbons (Fsp3) is 0.200. The molecular formula is C25H22N2O2. The van der Waals surface area contributed by atoms with Crippen molar-refractivity contribution in [3.63, 3.8) is 0 Å². The lowest BCUT2D eigenvalue weighted by atomic mass is 9.97. The van der Waals surface area contributed by atoms with Gasteiger partial charge in [-0.25, -0.2) is 4.98 Å². The van der Waals surface area contributed by atoms with E-state index in [1.165, 1.54) is 0 Å². The van der Waals surface area contributed by atoms with Crippen molar-refractivity contribution >= 4 is 10.8 Å². The summed E-state index contributed by atoms with van der Waals surface area (Å²) in [7, 11) is 0. The molecule has 4 heteroatoms. The van der Waals surface area contributed by atoms with Gasteiger partial charge in [0.25, 0.3) is 5.56 Å². The van der Waals surface area contributed by atoms with Crippen LogP contribution in [-0.2, 0) is 12.8 Å². The molecule has 0 spiro atoms. The topological polar surface area (TPSA) is 44.1 Å². The Balaban J connectivity index is 1.79. The molecule has 144 valence electrons. The fourth-order valence-corrected chi connectivity index (χ4v) is 4.16. The number of rotatable bonds is 3. The number of pyridine rings is 2. The third kappa shape index (κ3) is 3.01. The van der Waals surface area contributed by atoms with E-state index in [0.29, 0.717) is 0 Å². The molecule has 5 rings (SSSR count). The van der Waals surface area contributed by atoms with E-state index in [1.54, 1.807) is 0 Å². The zero-order valence-electron chi connectivity index (χ0n) is 16.4. The number of benzene rings is 2. The van der Waals surface area contributed by atoms with E-state index in [1.807, 2.05) is 59.3 Å². The maximum absolute atomic E-state index is 13.7. The zero-order valence-corrected chi connectivity index (χ0v) is 16.4. The summed E-state index contributed by atoms with van der Waals surface area (Å²) < 4.78 is 7.49. The Hall–Kier alpha value is -3.40. The normalized spacial score (nSPS) is 13.1. The molecule has 0 unspecified atom stereocenters. The molecule has 0 atom stereocenters. The van der Waals surface area contributed by atoms with Crippen molar-refractivity contribution < 1.29 is 4.74 Å². The number of aryl methyl sites for hydroxylation is 2. The van der Waals surface area contributed by atoms with Crippen molar-refractivity contribution in [1.29, 1.82) is 0 Å². The van der Waals surface area contributed by atoms with Crippen molar-refractivity contribution in [3.05, 3.63) is 88.5 Å². The van der Waals surface area contributed by atoms with E-state index in [2.05, 4.69) is 24.0 Å². The zero-order chi connectivity index (χ0) is 19.8. The monoisotopic (exact) mass is 382 g/mol. The van der Waals surface area contributed by atoms with E-state index < -0.39 is 0 Å². The van der Waals surface area contributed by atoms with Gasteiger partial charge < -0.3 is 4.74 Å². The summed E-state index contributed by atoms with van der Waals surface area (Å²) >= 11 is 0. The van der Waals surface area contributed by atoms with Crippen molar-refractivity contribution in [3.8, 4) is 22.7 Å². The lowest BCUT2D eigenvalue weighted by Crippen LogP contribution is -2.22. The summed E-state index contributed by atoms with van der Waals surface area (Å²) in [6, 6.07) is 20.1. The number of fused-ring (bicyclic) bond motifs is 2. The van der Waals surface area contributed by atoms with E-state index in [-0.39, 0.29) is 5.56 Å². The molecule has 0 N–H and O–H groups in total. The number of para-hydroxylation sites is 1. The van der Waals surface area contributed by atoms with Crippen LogP contribution in [0.25, 0.3) is 27.6 Å². The first-order chi connectivity index (χ1) is 14.3. The smallest absolute Gasteiger partial charge is 0.263 e. The number of aromatic nitrogens is 2. The van der Waals surface area contributed by atoms with Crippen molar-refractivity contribution in [2.45, 2.75) is 26.2 Å². The highest BCUT2D eigenvalue weighted by Crippen LogP contribution is 2.31. The molecule has 2 aromatic carbocycles. The summed E-state index contributed by atoms with van der Waals surface area (Å²) in [6.45, 7) is 2.80. The van der Waals surface area contributed by atoms with Crippen LogP contribution in [0, 0.1) is 0 Å². The Morgan fingerprint density at radius 2 is 1.93 bits per heavy atom. The van der Waals surface area contributed by atoms with Gasteiger partial charge in [-0.3, -0.25) is 9.36 Å². The number of hydrogen-bond donors (Lipinski definition) is 0.